The highest BCUT2D eigenvalue weighted by molar-refractivity contribution is 6.04. The molecule has 1 atom stereocenters. The van der Waals surface area contributed by atoms with Crippen LogP contribution < -0.4 is 11.1 Å². The number of pyridine rings is 1. The molecule has 11 nitrogen and oxygen atoms in total. The topological polar surface area (TPSA) is 135 Å². The highest BCUT2D eigenvalue weighted by Crippen LogP contribution is 2.34. The van der Waals surface area contributed by atoms with Crippen LogP contribution in [0.4, 0.5) is 11.6 Å². The Balaban J connectivity index is 1.36. The molecule has 1 aliphatic rings. The number of carbonyl (C=O) groups is 2. The molecule has 3 N–H and O–H groups in total. The Labute approximate surface area is 239 Å². The van der Waals surface area contributed by atoms with Crippen LogP contribution in [0.5, 0.6) is 0 Å². The Morgan fingerprint density at radius 2 is 1.95 bits per heavy atom. The van der Waals surface area contributed by atoms with Gasteiger partial charge in [0.1, 0.15) is 23.7 Å². The number of benzene rings is 1. The van der Waals surface area contributed by atoms with Gasteiger partial charge in [-0.1, -0.05) is 31.6 Å². The molecule has 4 aromatic rings. The van der Waals surface area contributed by atoms with Crippen LogP contribution in [0.25, 0.3) is 22.3 Å². The molecule has 1 unspecified atom stereocenters. The smallest absolute Gasteiger partial charge is 0.256 e. The molecule has 1 saturated heterocycles. The first kappa shape index (κ1) is 27.9. The Morgan fingerprint density at radius 1 is 1.15 bits per heavy atom. The SMILES string of the molecule is CCCc1ccnc(NC(=O)c2ccc(-c3nn(C4CCN(C(=O)C=CCN(C)C)C4)c4ncnc(N)c34)cc2)c1. The number of aryl methyl sites for hydroxylation is 1. The van der Waals surface area contributed by atoms with E-state index >= 15 is 0 Å². The highest BCUT2D eigenvalue weighted by Gasteiger charge is 2.30. The average Bonchev–Trinajstić information content (AvgIpc) is 3.60. The molecule has 1 aromatic carbocycles. The van der Waals surface area contributed by atoms with Crippen LogP contribution in [0, 0.1) is 0 Å². The number of nitrogens with zero attached hydrogens (tertiary/aromatic N) is 7. The van der Waals surface area contributed by atoms with E-state index in [9.17, 15) is 9.59 Å². The van der Waals surface area contributed by atoms with Crippen LogP contribution in [0.2, 0.25) is 0 Å². The van der Waals surface area contributed by atoms with Crippen molar-refractivity contribution in [2.75, 3.05) is 44.8 Å². The van der Waals surface area contributed by atoms with E-state index in [0.29, 0.717) is 53.6 Å². The second-order valence-corrected chi connectivity index (χ2v) is 10.5. The number of anilines is 2. The van der Waals surface area contributed by atoms with E-state index in [-0.39, 0.29) is 17.9 Å². The summed E-state index contributed by atoms with van der Waals surface area (Å²) < 4.78 is 1.86. The minimum atomic E-state index is -0.244. The third-order valence-electron chi connectivity index (χ3n) is 7.10. The highest BCUT2D eigenvalue weighted by atomic mass is 16.2. The van der Waals surface area contributed by atoms with E-state index < -0.39 is 0 Å². The number of nitrogens with two attached hydrogens (primary N) is 1. The van der Waals surface area contributed by atoms with E-state index in [0.717, 1.165) is 30.4 Å². The summed E-state index contributed by atoms with van der Waals surface area (Å²) in [6.45, 7) is 3.97. The molecule has 4 heterocycles. The fourth-order valence-electron chi connectivity index (χ4n) is 5.02. The number of rotatable bonds is 9. The minimum Gasteiger partial charge on any atom is -0.383 e. The number of aromatic nitrogens is 5. The van der Waals surface area contributed by atoms with Crippen LogP contribution in [-0.2, 0) is 11.2 Å². The third kappa shape index (κ3) is 6.25. The van der Waals surface area contributed by atoms with Crippen LogP contribution in [-0.4, -0.2) is 80.1 Å². The molecule has 212 valence electrons. The number of amides is 2. The van der Waals surface area contributed by atoms with Gasteiger partial charge >= 0.3 is 0 Å². The Morgan fingerprint density at radius 3 is 2.71 bits per heavy atom. The second kappa shape index (κ2) is 12.3. The van der Waals surface area contributed by atoms with Gasteiger partial charge in [0.05, 0.1) is 11.4 Å². The number of likely N-dealkylation sites (tertiary alicyclic amines) is 1. The van der Waals surface area contributed by atoms with Crippen LogP contribution in [0.15, 0.2) is 61.1 Å². The van der Waals surface area contributed by atoms with Crippen molar-refractivity contribution in [2.45, 2.75) is 32.2 Å². The molecule has 1 aliphatic heterocycles. The fourth-order valence-corrected chi connectivity index (χ4v) is 5.02. The van der Waals surface area contributed by atoms with Crippen LogP contribution in [0.1, 0.15) is 41.7 Å². The summed E-state index contributed by atoms with van der Waals surface area (Å²) in [7, 11) is 3.92. The first-order chi connectivity index (χ1) is 19.8. The summed E-state index contributed by atoms with van der Waals surface area (Å²) in [5.74, 6) is 0.596. The van der Waals surface area contributed by atoms with Crippen molar-refractivity contribution in [1.29, 1.82) is 0 Å². The van der Waals surface area contributed by atoms with Crippen molar-refractivity contribution in [3.8, 4) is 11.3 Å². The maximum Gasteiger partial charge on any atom is 0.256 e. The number of nitrogens with one attached hydrogen (secondary N) is 1. The number of hydrogen-bond donors (Lipinski definition) is 2. The number of hydrogen-bond acceptors (Lipinski definition) is 8. The average molecular weight is 554 g/mol. The van der Waals surface area contributed by atoms with Gasteiger partial charge in [-0.25, -0.2) is 19.6 Å². The lowest BCUT2D eigenvalue weighted by molar-refractivity contribution is -0.125. The molecular weight excluding hydrogens is 518 g/mol. The summed E-state index contributed by atoms with van der Waals surface area (Å²) in [4.78, 5) is 42.4. The molecule has 0 aliphatic carbocycles. The molecule has 0 radical (unpaired) electrons. The molecule has 11 heteroatoms. The van der Waals surface area contributed by atoms with Gasteiger partial charge in [0.2, 0.25) is 5.91 Å². The van der Waals surface area contributed by atoms with E-state index in [1.165, 1.54) is 6.33 Å². The summed E-state index contributed by atoms with van der Waals surface area (Å²) in [5.41, 5.74) is 9.97. The van der Waals surface area contributed by atoms with Gasteiger partial charge in [0.15, 0.2) is 5.65 Å². The molecule has 0 bridgehead atoms. The first-order valence-electron chi connectivity index (χ1n) is 13.8. The lowest BCUT2D eigenvalue weighted by Crippen LogP contribution is -2.28. The van der Waals surface area contributed by atoms with Gasteiger partial charge < -0.3 is 20.9 Å². The van der Waals surface area contributed by atoms with E-state index in [1.807, 2.05) is 58.9 Å². The monoisotopic (exact) mass is 553 g/mol. The number of carbonyl (C=O) groups excluding carboxylic acids is 2. The van der Waals surface area contributed by atoms with E-state index in [2.05, 4.69) is 27.2 Å². The van der Waals surface area contributed by atoms with Gasteiger partial charge in [0, 0.05) is 43.0 Å². The maximum absolute atomic E-state index is 12.9. The Hall–Kier alpha value is -4.64. The Bertz CT molecular complexity index is 1580. The number of nitrogen functional groups attached to an aromatic ring is 1. The normalized spacial score (nSPS) is 15.3. The molecule has 2 amide bonds. The minimum absolute atomic E-state index is 0.0127. The van der Waals surface area contributed by atoms with Crippen molar-refractivity contribution in [1.82, 2.24) is 34.5 Å². The molecule has 5 rings (SSSR count). The van der Waals surface area contributed by atoms with Gasteiger partial charge in [-0.2, -0.15) is 5.10 Å². The number of fused-ring (bicyclic) bond motifs is 1. The Kier molecular flexibility index (Phi) is 8.34. The number of likely N-dealkylation sites (N-methyl/N-ethyl adjacent to an activating group) is 1. The molecule has 1 fully saturated rings. The standard InChI is InChI=1S/C30H35N9O2/c1-4-6-20-12-14-32-24(17-20)35-30(41)22-10-8-21(9-11-22)27-26-28(31)33-19-34-29(26)39(36-27)23-13-16-38(18-23)25(40)7-5-15-37(2)3/h5,7-12,14,17,19,23H,4,6,13,15-16,18H2,1-3H3,(H2,31,33,34)(H,32,35,41). The largest absolute Gasteiger partial charge is 0.383 e. The maximum atomic E-state index is 12.9. The van der Waals surface area contributed by atoms with Crippen molar-refractivity contribution >= 4 is 34.5 Å². The lowest BCUT2D eigenvalue weighted by atomic mass is 10.1. The van der Waals surface area contributed by atoms with Crippen molar-refractivity contribution < 1.29 is 9.59 Å². The summed E-state index contributed by atoms with van der Waals surface area (Å²) >= 11 is 0. The molecule has 41 heavy (non-hydrogen) atoms. The zero-order valence-corrected chi connectivity index (χ0v) is 23.6. The summed E-state index contributed by atoms with van der Waals surface area (Å²) in [6, 6.07) is 11.0. The summed E-state index contributed by atoms with van der Waals surface area (Å²) in [5, 5.41) is 8.44. The van der Waals surface area contributed by atoms with Crippen LogP contribution in [0.3, 0.4) is 0 Å². The second-order valence-electron chi connectivity index (χ2n) is 10.5. The molecule has 0 saturated carbocycles. The van der Waals surface area contributed by atoms with Crippen molar-refractivity contribution in [2.24, 2.45) is 0 Å². The predicted octanol–water partition coefficient (Wildman–Crippen LogP) is 3.57. The predicted molar refractivity (Wildman–Crippen MR) is 159 cm³/mol. The van der Waals surface area contributed by atoms with Gasteiger partial charge in [-0.3, -0.25) is 9.59 Å². The first-order valence-corrected chi connectivity index (χ1v) is 13.8. The van der Waals surface area contributed by atoms with Gasteiger partial charge in [0.25, 0.3) is 5.91 Å². The molecular formula is C30H35N9O2. The molecule has 3 aromatic heterocycles. The van der Waals surface area contributed by atoms with Gasteiger partial charge in [-0.15, -0.1) is 0 Å². The van der Waals surface area contributed by atoms with Crippen molar-refractivity contribution in [3.05, 3.63) is 72.2 Å². The zero-order chi connectivity index (χ0) is 28.9. The van der Waals surface area contributed by atoms with Gasteiger partial charge in [-0.05, 0) is 56.8 Å². The quantitative estimate of drug-likeness (QED) is 0.300. The third-order valence-corrected chi connectivity index (χ3v) is 7.10. The molecule has 0 spiro atoms. The van der Waals surface area contributed by atoms with E-state index in [1.54, 1.807) is 24.4 Å². The van der Waals surface area contributed by atoms with E-state index in [4.69, 9.17) is 10.8 Å². The zero-order valence-electron chi connectivity index (χ0n) is 23.6. The van der Waals surface area contributed by atoms with Crippen LogP contribution >= 0.6 is 0 Å². The fraction of sp³-hybridized carbons (Fsp3) is 0.333. The van der Waals surface area contributed by atoms with Crippen molar-refractivity contribution in [3.63, 3.8) is 0 Å². The lowest BCUT2D eigenvalue weighted by Gasteiger charge is -2.15. The summed E-state index contributed by atoms with van der Waals surface area (Å²) in [6.07, 6.45) is 9.33.